The zero-order chi connectivity index (χ0) is 12.2. The molecule has 3 N–H and O–H groups in total. The van der Waals surface area contributed by atoms with Crippen LogP contribution in [0.4, 0.5) is 0 Å². The van der Waals surface area contributed by atoms with E-state index in [0.717, 1.165) is 18.5 Å². The van der Waals surface area contributed by atoms with Gasteiger partial charge < -0.3 is 5.73 Å². The van der Waals surface area contributed by atoms with Crippen LogP contribution in [0.2, 0.25) is 0 Å². The van der Waals surface area contributed by atoms with Crippen molar-refractivity contribution in [2.45, 2.75) is 32.7 Å². The maximum atomic E-state index is 11.6. The zero-order valence-electron chi connectivity index (χ0n) is 10.2. The highest BCUT2D eigenvalue weighted by Crippen LogP contribution is 2.20. The lowest BCUT2D eigenvalue weighted by Crippen LogP contribution is -2.50. The lowest BCUT2D eigenvalue weighted by Gasteiger charge is -2.28. The molecule has 1 amide bonds. The van der Waals surface area contributed by atoms with Gasteiger partial charge in [-0.1, -0.05) is 36.8 Å². The van der Waals surface area contributed by atoms with Gasteiger partial charge in [0.25, 0.3) is 0 Å². The largest absolute Gasteiger partial charge is 0.368 e. The summed E-state index contributed by atoms with van der Waals surface area (Å²) in [4.78, 5) is 11.6. The Kier molecular flexibility index (Phi) is 4.07. The first-order valence-electron chi connectivity index (χ1n) is 5.62. The van der Waals surface area contributed by atoms with Gasteiger partial charge in [0, 0.05) is 0 Å². The van der Waals surface area contributed by atoms with Gasteiger partial charge in [-0.2, -0.15) is 0 Å². The monoisotopic (exact) mass is 220 g/mol. The molecule has 0 radical (unpaired) electrons. The molecular weight excluding hydrogens is 200 g/mol. The molecule has 0 aliphatic heterocycles. The summed E-state index contributed by atoms with van der Waals surface area (Å²) in [6.45, 7) is 6.68. The van der Waals surface area contributed by atoms with Crippen molar-refractivity contribution in [3.8, 4) is 0 Å². The second-order valence-corrected chi connectivity index (χ2v) is 4.28. The molecule has 0 saturated carbocycles. The van der Waals surface area contributed by atoms with Crippen molar-refractivity contribution >= 4 is 5.91 Å². The van der Waals surface area contributed by atoms with Gasteiger partial charge in [0.15, 0.2) is 0 Å². The topological polar surface area (TPSA) is 55.1 Å². The fourth-order valence-corrected chi connectivity index (χ4v) is 1.59. The van der Waals surface area contributed by atoms with Crippen molar-refractivity contribution in [2.24, 2.45) is 5.73 Å². The van der Waals surface area contributed by atoms with Gasteiger partial charge in [0.2, 0.25) is 5.91 Å². The number of aryl methyl sites for hydroxylation is 1. The molecule has 3 heteroatoms. The SMILES string of the molecule is CCCNC(C)(C(N)=O)c1ccc(C)cc1. The summed E-state index contributed by atoms with van der Waals surface area (Å²) < 4.78 is 0. The Morgan fingerprint density at radius 3 is 2.38 bits per heavy atom. The second-order valence-electron chi connectivity index (χ2n) is 4.28. The molecule has 1 unspecified atom stereocenters. The van der Waals surface area contributed by atoms with Crippen LogP contribution >= 0.6 is 0 Å². The molecule has 0 fully saturated rings. The van der Waals surface area contributed by atoms with Crippen LogP contribution in [-0.2, 0) is 10.3 Å². The number of carbonyl (C=O) groups excluding carboxylic acids is 1. The Bertz CT molecular complexity index is 359. The molecule has 0 saturated heterocycles. The Morgan fingerprint density at radius 1 is 1.38 bits per heavy atom. The lowest BCUT2D eigenvalue weighted by atomic mass is 9.90. The van der Waals surface area contributed by atoms with Crippen molar-refractivity contribution in [3.05, 3.63) is 35.4 Å². The summed E-state index contributed by atoms with van der Waals surface area (Å²) in [5.74, 6) is -0.343. The molecule has 1 rings (SSSR count). The van der Waals surface area contributed by atoms with E-state index in [2.05, 4.69) is 12.2 Å². The quantitative estimate of drug-likeness (QED) is 0.793. The average molecular weight is 220 g/mol. The number of hydrogen-bond donors (Lipinski definition) is 2. The molecule has 3 nitrogen and oxygen atoms in total. The van der Waals surface area contributed by atoms with Crippen molar-refractivity contribution in [1.29, 1.82) is 0 Å². The Labute approximate surface area is 97.0 Å². The first-order valence-corrected chi connectivity index (χ1v) is 5.62. The van der Waals surface area contributed by atoms with E-state index in [1.54, 1.807) is 0 Å². The summed E-state index contributed by atoms with van der Waals surface area (Å²) in [6, 6.07) is 7.87. The molecule has 16 heavy (non-hydrogen) atoms. The fourth-order valence-electron chi connectivity index (χ4n) is 1.59. The molecule has 0 spiro atoms. The van der Waals surface area contributed by atoms with Crippen molar-refractivity contribution in [1.82, 2.24) is 5.32 Å². The Balaban J connectivity index is 3.01. The van der Waals surface area contributed by atoms with Crippen LogP contribution in [0.1, 0.15) is 31.4 Å². The smallest absolute Gasteiger partial charge is 0.242 e. The van der Waals surface area contributed by atoms with E-state index in [9.17, 15) is 4.79 Å². The normalized spacial score (nSPS) is 14.4. The first kappa shape index (κ1) is 12.7. The third-order valence-electron chi connectivity index (χ3n) is 2.85. The molecule has 0 aromatic heterocycles. The number of hydrogen-bond acceptors (Lipinski definition) is 2. The lowest BCUT2D eigenvalue weighted by molar-refractivity contribution is -0.124. The number of primary amides is 1. The van der Waals surface area contributed by atoms with Crippen LogP contribution in [0, 0.1) is 6.92 Å². The Morgan fingerprint density at radius 2 is 1.94 bits per heavy atom. The van der Waals surface area contributed by atoms with Gasteiger partial charge in [-0.15, -0.1) is 0 Å². The fraction of sp³-hybridized carbons (Fsp3) is 0.462. The van der Waals surface area contributed by atoms with Crippen LogP contribution in [0.25, 0.3) is 0 Å². The summed E-state index contributed by atoms with van der Waals surface area (Å²) in [7, 11) is 0. The number of amides is 1. The van der Waals surface area contributed by atoms with E-state index >= 15 is 0 Å². The van der Waals surface area contributed by atoms with Gasteiger partial charge >= 0.3 is 0 Å². The van der Waals surface area contributed by atoms with Crippen molar-refractivity contribution in [2.75, 3.05) is 6.54 Å². The summed E-state index contributed by atoms with van der Waals surface area (Å²) in [5.41, 5.74) is 6.79. The van der Waals surface area contributed by atoms with E-state index in [4.69, 9.17) is 5.73 Å². The van der Waals surface area contributed by atoms with E-state index in [1.807, 2.05) is 38.1 Å². The number of nitrogens with two attached hydrogens (primary N) is 1. The van der Waals surface area contributed by atoms with E-state index < -0.39 is 5.54 Å². The van der Waals surface area contributed by atoms with E-state index in [-0.39, 0.29) is 5.91 Å². The molecule has 88 valence electrons. The number of rotatable bonds is 5. The third kappa shape index (κ3) is 2.61. The number of carbonyl (C=O) groups is 1. The minimum absolute atomic E-state index is 0.343. The standard InChI is InChI=1S/C13H20N2O/c1-4-9-15-13(3,12(14)16)11-7-5-10(2)6-8-11/h5-8,15H,4,9H2,1-3H3,(H2,14,16). The van der Waals surface area contributed by atoms with Crippen LogP contribution < -0.4 is 11.1 Å². The third-order valence-corrected chi connectivity index (χ3v) is 2.85. The van der Waals surface area contributed by atoms with E-state index in [0.29, 0.717) is 0 Å². The summed E-state index contributed by atoms with van der Waals surface area (Å²) in [6.07, 6.45) is 0.967. The number of benzene rings is 1. The van der Waals surface area contributed by atoms with Crippen LogP contribution in [0.3, 0.4) is 0 Å². The van der Waals surface area contributed by atoms with Crippen LogP contribution in [0.15, 0.2) is 24.3 Å². The zero-order valence-corrected chi connectivity index (χ0v) is 10.2. The molecule has 1 atom stereocenters. The van der Waals surface area contributed by atoms with Crippen LogP contribution in [-0.4, -0.2) is 12.5 Å². The number of nitrogens with one attached hydrogen (secondary N) is 1. The predicted octanol–water partition coefficient (Wildman–Crippen LogP) is 1.70. The molecule has 0 bridgehead atoms. The van der Waals surface area contributed by atoms with Gasteiger partial charge in [0.1, 0.15) is 5.54 Å². The van der Waals surface area contributed by atoms with Gasteiger partial charge in [-0.05, 0) is 32.4 Å². The highest BCUT2D eigenvalue weighted by atomic mass is 16.1. The second kappa shape index (κ2) is 5.12. The maximum absolute atomic E-state index is 11.6. The molecular formula is C13H20N2O. The van der Waals surface area contributed by atoms with Crippen molar-refractivity contribution < 1.29 is 4.79 Å². The highest BCUT2D eigenvalue weighted by Gasteiger charge is 2.31. The van der Waals surface area contributed by atoms with E-state index in [1.165, 1.54) is 5.56 Å². The molecule has 0 aliphatic rings. The van der Waals surface area contributed by atoms with Gasteiger partial charge in [0.05, 0.1) is 0 Å². The molecule has 1 aromatic rings. The summed E-state index contributed by atoms with van der Waals surface area (Å²) in [5, 5.41) is 3.21. The highest BCUT2D eigenvalue weighted by molar-refractivity contribution is 5.85. The first-order chi connectivity index (χ1) is 7.50. The van der Waals surface area contributed by atoms with Crippen molar-refractivity contribution in [3.63, 3.8) is 0 Å². The molecule has 0 aliphatic carbocycles. The maximum Gasteiger partial charge on any atom is 0.242 e. The minimum Gasteiger partial charge on any atom is -0.368 e. The predicted molar refractivity (Wildman–Crippen MR) is 66.0 cm³/mol. The molecule has 0 heterocycles. The minimum atomic E-state index is -0.774. The van der Waals surface area contributed by atoms with Gasteiger partial charge in [-0.3, -0.25) is 10.1 Å². The summed E-state index contributed by atoms with van der Waals surface area (Å²) >= 11 is 0. The Hall–Kier alpha value is -1.35. The average Bonchev–Trinajstić information content (AvgIpc) is 2.26. The molecule has 1 aromatic carbocycles. The van der Waals surface area contributed by atoms with Crippen LogP contribution in [0.5, 0.6) is 0 Å². The van der Waals surface area contributed by atoms with Gasteiger partial charge in [-0.25, -0.2) is 0 Å².